The SMILES string of the molecule is CC(C)CCC[C@@H](C)[C@H]1CC[C@H]2[C@@H]3CC=C4C[C@@H](O)CC[C@]4(C)[C@H]3C[C@@H](O)[C@]12C. The molecule has 4 aliphatic rings. The molecule has 4 aliphatic carbocycles. The number of hydrogen-bond donors (Lipinski definition) is 2. The second-order valence-corrected chi connectivity index (χ2v) is 12.3. The van der Waals surface area contributed by atoms with Gasteiger partial charge in [-0.15, -0.1) is 0 Å². The van der Waals surface area contributed by atoms with Crippen LogP contribution in [0.25, 0.3) is 0 Å². The summed E-state index contributed by atoms with van der Waals surface area (Å²) in [6.45, 7) is 12.1. The van der Waals surface area contributed by atoms with Gasteiger partial charge >= 0.3 is 0 Å². The molecule has 0 saturated heterocycles. The van der Waals surface area contributed by atoms with Crippen molar-refractivity contribution >= 4 is 0 Å². The fourth-order valence-corrected chi connectivity index (χ4v) is 8.62. The first-order valence-electron chi connectivity index (χ1n) is 12.7. The van der Waals surface area contributed by atoms with E-state index in [0.29, 0.717) is 17.8 Å². The van der Waals surface area contributed by atoms with Crippen molar-refractivity contribution in [2.75, 3.05) is 0 Å². The molecule has 29 heavy (non-hydrogen) atoms. The van der Waals surface area contributed by atoms with Gasteiger partial charge in [-0.05, 0) is 91.3 Å². The normalized spacial score (nSPS) is 47.9. The summed E-state index contributed by atoms with van der Waals surface area (Å²) < 4.78 is 0. The molecule has 0 radical (unpaired) electrons. The minimum absolute atomic E-state index is 0.105. The highest BCUT2D eigenvalue weighted by Crippen LogP contribution is 2.67. The molecule has 4 rings (SSSR count). The van der Waals surface area contributed by atoms with Crippen molar-refractivity contribution < 1.29 is 10.2 Å². The molecule has 0 aliphatic heterocycles. The van der Waals surface area contributed by atoms with Crippen LogP contribution in [0, 0.1) is 46.3 Å². The number of rotatable bonds is 5. The topological polar surface area (TPSA) is 40.5 Å². The van der Waals surface area contributed by atoms with Crippen molar-refractivity contribution in [3.8, 4) is 0 Å². The molecule has 0 aromatic heterocycles. The van der Waals surface area contributed by atoms with Gasteiger partial charge in [0.25, 0.3) is 0 Å². The van der Waals surface area contributed by atoms with Crippen molar-refractivity contribution in [1.29, 1.82) is 0 Å². The summed E-state index contributed by atoms with van der Waals surface area (Å²) in [5.41, 5.74) is 1.82. The van der Waals surface area contributed by atoms with Crippen LogP contribution in [0.2, 0.25) is 0 Å². The highest BCUT2D eigenvalue weighted by atomic mass is 16.3. The van der Waals surface area contributed by atoms with E-state index in [9.17, 15) is 10.2 Å². The zero-order valence-electron chi connectivity index (χ0n) is 19.7. The van der Waals surface area contributed by atoms with Gasteiger partial charge in [0.1, 0.15) is 0 Å². The van der Waals surface area contributed by atoms with Crippen molar-refractivity contribution in [2.45, 2.75) is 111 Å². The minimum Gasteiger partial charge on any atom is -0.393 e. The lowest BCUT2D eigenvalue weighted by Gasteiger charge is -2.60. The van der Waals surface area contributed by atoms with Crippen molar-refractivity contribution in [1.82, 2.24) is 0 Å². The van der Waals surface area contributed by atoms with Crippen LogP contribution in [-0.2, 0) is 0 Å². The maximum Gasteiger partial charge on any atom is 0.0602 e. The number of allylic oxidation sites excluding steroid dienone is 1. The van der Waals surface area contributed by atoms with E-state index in [2.05, 4.69) is 40.7 Å². The monoisotopic (exact) mass is 402 g/mol. The van der Waals surface area contributed by atoms with Gasteiger partial charge in [0, 0.05) is 0 Å². The van der Waals surface area contributed by atoms with Crippen molar-refractivity contribution in [3.63, 3.8) is 0 Å². The van der Waals surface area contributed by atoms with E-state index >= 15 is 0 Å². The molecule has 0 spiro atoms. The molecule has 9 atom stereocenters. The third-order valence-electron chi connectivity index (χ3n) is 10.4. The third-order valence-corrected chi connectivity index (χ3v) is 10.4. The Balaban J connectivity index is 1.54. The first-order valence-corrected chi connectivity index (χ1v) is 12.7. The molecule has 3 fully saturated rings. The molecule has 3 saturated carbocycles. The van der Waals surface area contributed by atoms with Gasteiger partial charge in [-0.25, -0.2) is 0 Å². The standard InChI is InChI=1S/C27H46O2/c1-17(2)7-6-8-18(3)22-11-12-23-21-10-9-19-15-20(28)13-14-26(19,4)24(21)16-25(29)27(22,23)5/h9,17-18,20-25,28-29H,6-8,10-16H2,1-5H3/t18-,20+,21+,22-,23+,24+,25-,26+,27-/m1/s1. The van der Waals surface area contributed by atoms with Crippen LogP contribution in [0.1, 0.15) is 98.8 Å². The number of aliphatic hydroxyl groups excluding tert-OH is 2. The Morgan fingerprint density at radius 1 is 1.03 bits per heavy atom. The first kappa shape index (κ1) is 21.9. The molecule has 166 valence electrons. The highest BCUT2D eigenvalue weighted by Gasteiger charge is 2.62. The van der Waals surface area contributed by atoms with Crippen LogP contribution in [0.3, 0.4) is 0 Å². The lowest BCUT2D eigenvalue weighted by Crippen LogP contribution is -2.56. The average Bonchev–Trinajstić information content (AvgIpc) is 3.02. The third kappa shape index (κ3) is 3.55. The van der Waals surface area contributed by atoms with Gasteiger partial charge in [0.15, 0.2) is 0 Å². The van der Waals surface area contributed by atoms with E-state index < -0.39 is 0 Å². The lowest BCUT2D eigenvalue weighted by molar-refractivity contribution is -0.136. The molecular weight excluding hydrogens is 356 g/mol. The number of aliphatic hydroxyl groups is 2. The summed E-state index contributed by atoms with van der Waals surface area (Å²) in [7, 11) is 0. The molecule has 2 N–H and O–H groups in total. The molecule has 2 nitrogen and oxygen atoms in total. The lowest BCUT2D eigenvalue weighted by atomic mass is 9.46. The van der Waals surface area contributed by atoms with Gasteiger partial charge < -0.3 is 10.2 Å². The molecule has 0 aromatic carbocycles. The first-order chi connectivity index (χ1) is 13.7. The quantitative estimate of drug-likeness (QED) is 0.525. The maximum absolute atomic E-state index is 11.6. The number of fused-ring (bicyclic) bond motifs is 5. The molecule has 0 unspecified atom stereocenters. The van der Waals surface area contributed by atoms with Gasteiger partial charge in [0.05, 0.1) is 12.2 Å². The van der Waals surface area contributed by atoms with Crippen molar-refractivity contribution in [2.24, 2.45) is 46.3 Å². The summed E-state index contributed by atoms with van der Waals surface area (Å²) in [6, 6.07) is 0. The predicted molar refractivity (Wildman–Crippen MR) is 120 cm³/mol. The summed E-state index contributed by atoms with van der Waals surface area (Å²) in [5.74, 6) is 4.23. The van der Waals surface area contributed by atoms with E-state index in [-0.39, 0.29) is 23.0 Å². The van der Waals surface area contributed by atoms with Crippen LogP contribution >= 0.6 is 0 Å². The maximum atomic E-state index is 11.6. The Morgan fingerprint density at radius 2 is 1.79 bits per heavy atom. The van der Waals surface area contributed by atoms with Gasteiger partial charge in [-0.2, -0.15) is 0 Å². The van der Waals surface area contributed by atoms with E-state index in [1.165, 1.54) is 44.1 Å². The molecular formula is C27H46O2. The smallest absolute Gasteiger partial charge is 0.0602 e. The van der Waals surface area contributed by atoms with Gasteiger partial charge in [-0.3, -0.25) is 0 Å². The largest absolute Gasteiger partial charge is 0.393 e. The predicted octanol–water partition coefficient (Wildman–Crippen LogP) is 6.36. The second-order valence-electron chi connectivity index (χ2n) is 12.3. The van der Waals surface area contributed by atoms with E-state index in [1.807, 2.05) is 0 Å². The minimum atomic E-state index is -0.156. The summed E-state index contributed by atoms with van der Waals surface area (Å²) in [5, 5.41) is 21.8. The molecule has 0 heterocycles. The fraction of sp³-hybridized carbons (Fsp3) is 0.926. The zero-order chi connectivity index (χ0) is 21.0. The highest BCUT2D eigenvalue weighted by molar-refractivity contribution is 5.26. The van der Waals surface area contributed by atoms with Crippen molar-refractivity contribution in [3.05, 3.63) is 11.6 Å². The Labute approximate surface area is 179 Å². The van der Waals surface area contributed by atoms with Gasteiger partial charge in [0.2, 0.25) is 0 Å². The molecule has 2 heteroatoms. The Hall–Kier alpha value is -0.340. The van der Waals surface area contributed by atoms with Crippen LogP contribution in [-0.4, -0.2) is 22.4 Å². The van der Waals surface area contributed by atoms with Crippen LogP contribution in [0.15, 0.2) is 11.6 Å². The van der Waals surface area contributed by atoms with E-state index in [4.69, 9.17) is 0 Å². The average molecular weight is 403 g/mol. The summed E-state index contributed by atoms with van der Waals surface area (Å²) in [4.78, 5) is 0. The molecule has 0 aromatic rings. The summed E-state index contributed by atoms with van der Waals surface area (Å²) >= 11 is 0. The fourth-order valence-electron chi connectivity index (χ4n) is 8.62. The van der Waals surface area contributed by atoms with Gasteiger partial charge in [-0.1, -0.05) is 65.5 Å². The Bertz CT molecular complexity index is 624. The van der Waals surface area contributed by atoms with Crippen LogP contribution in [0.5, 0.6) is 0 Å². The molecule has 0 bridgehead atoms. The van der Waals surface area contributed by atoms with Crippen LogP contribution in [0.4, 0.5) is 0 Å². The van der Waals surface area contributed by atoms with E-state index in [1.54, 1.807) is 0 Å². The van der Waals surface area contributed by atoms with Crippen LogP contribution < -0.4 is 0 Å². The Kier molecular flexibility index (Phi) is 6.01. The number of hydrogen-bond acceptors (Lipinski definition) is 2. The Morgan fingerprint density at radius 3 is 2.52 bits per heavy atom. The zero-order valence-corrected chi connectivity index (χ0v) is 19.7. The summed E-state index contributed by atoms with van der Waals surface area (Å²) in [6.07, 6.45) is 13.9. The second kappa shape index (κ2) is 7.97. The van der Waals surface area contributed by atoms with E-state index in [0.717, 1.165) is 43.4 Å². The molecule has 0 amide bonds.